The van der Waals surface area contributed by atoms with Crippen molar-refractivity contribution < 1.29 is 9.50 Å². The number of fused-ring (bicyclic) bond motifs is 1. The summed E-state index contributed by atoms with van der Waals surface area (Å²) in [6.45, 7) is 2.45. The third-order valence-electron chi connectivity index (χ3n) is 3.47. The summed E-state index contributed by atoms with van der Waals surface area (Å²) in [5.74, 6) is 0.338. The zero-order chi connectivity index (χ0) is 14.8. The maximum Gasteiger partial charge on any atom is 0.126 e. The molecule has 0 saturated carbocycles. The van der Waals surface area contributed by atoms with Crippen LogP contribution in [0.5, 0.6) is 5.75 Å². The van der Waals surface area contributed by atoms with E-state index in [-0.39, 0.29) is 11.8 Å². The lowest BCUT2D eigenvalue weighted by Gasteiger charge is -2.14. The molecule has 1 unspecified atom stereocenters. The Morgan fingerprint density at radius 1 is 1.29 bits per heavy atom. The number of para-hydroxylation sites is 2. The first-order valence-electron chi connectivity index (χ1n) is 6.79. The van der Waals surface area contributed by atoms with Crippen molar-refractivity contribution in [1.29, 1.82) is 0 Å². The predicted octanol–water partition coefficient (Wildman–Crippen LogP) is 3.26. The molecule has 1 heterocycles. The number of H-pyrrole nitrogens is 1. The molecule has 0 aliphatic carbocycles. The number of hydrogen-bond donors (Lipinski definition) is 3. The average Bonchev–Trinajstić information content (AvgIpc) is 2.87. The van der Waals surface area contributed by atoms with Gasteiger partial charge in [0.1, 0.15) is 17.4 Å². The fourth-order valence-corrected chi connectivity index (χ4v) is 2.33. The molecule has 1 aromatic heterocycles. The molecule has 5 heteroatoms. The predicted molar refractivity (Wildman–Crippen MR) is 79.4 cm³/mol. The van der Waals surface area contributed by atoms with Crippen LogP contribution in [0.4, 0.5) is 4.39 Å². The molecule has 0 bridgehead atoms. The monoisotopic (exact) mass is 285 g/mol. The Labute approximate surface area is 121 Å². The van der Waals surface area contributed by atoms with Crippen LogP contribution >= 0.6 is 0 Å². The molecule has 0 aliphatic rings. The fraction of sp³-hybridized carbons (Fsp3) is 0.188. The van der Waals surface area contributed by atoms with E-state index in [1.165, 1.54) is 6.07 Å². The van der Waals surface area contributed by atoms with Crippen molar-refractivity contribution in [3.63, 3.8) is 0 Å². The number of aromatic nitrogens is 2. The highest BCUT2D eigenvalue weighted by molar-refractivity contribution is 5.74. The van der Waals surface area contributed by atoms with E-state index in [1.54, 1.807) is 6.07 Å². The molecule has 3 N–H and O–H groups in total. The van der Waals surface area contributed by atoms with Crippen molar-refractivity contribution in [3.8, 4) is 5.75 Å². The zero-order valence-electron chi connectivity index (χ0n) is 11.6. The Balaban J connectivity index is 1.71. The summed E-state index contributed by atoms with van der Waals surface area (Å²) in [6, 6.07) is 11.8. The van der Waals surface area contributed by atoms with Gasteiger partial charge < -0.3 is 15.4 Å². The minimum Gasteiger partial charge on any atom is -0.508 e. The van der Waals surface area contributed by atoms with Crippen molar-refractivity contribution in [2.75, 3.05) is 0 Å². The summed E-state index contributed by atoms with van der Waals surface area (Å²) >= 11 is 0. The summed E-state index contributed by atoms with van der Waals surface area (Å²) in [6.07, 6.45) is 0. The second-order valence-electron chi connectivity index (χ2n) is 5.01. The number of aromatic hydroxyl groups is 1. The maximum absolute atomic E-state index is 13.0. The number of phenols is 1. The number of nitrogens with zero attached hydrogens (tertiary/aromatic N) is 1. The average molecular weight is 285 g/mol. The highest BCUT2D eigenvalue weighted by atomic mass is 19.1. The molecule has 108 valence electrons. The van der Waals surface area contributed by atoms with Crippen LogP contribution in [0.2, 0.25) is 0 Å². The number of aromatic amines is 1. The molecule has 0 amide bonds. The lowest BCUT2D eigenvalue weighted by Crippen LogP contribution is -2.19. The lowest BCUT2D eigenvalue weighted by molar-refractivity contribution is 0.445. The van der Waals surface area contributed by atoms with Crippen molar-refractivity contribution in [2.45, 2.75) is 19.5 Å². The zero-order valence-corrected chi connectivity index (χ0v) is 11.6. The van der Waals surface area contributed by atoms with Gasteiger partial charge >= 0.3 is 0 Å². The van der Waals surface area contributed by atoms with Crippen LogP contribution in [0.15, 0.2) is 42.5 Å². The molecule has 0 radical (unpaired) electrons. The van der Waals surface area contributed by atoms with Gasteiger partial charge in [-0.2, -0.15) is 0 Å². The van der Waals surface area contributed by atoms with Gasteiger partial charge in [-0.25, -0.2) is 9.37 Å². The number of halogens is 1. The van der Waals surface area contributed by atoms with Crippen LogP contribution in [0.1, 0.15) is 24.4 Å². The third kappa shape index (κ3) is 2.87. The van der Waals surface area contributed by atoms with E-state index in [0.717, 1.165) is 22.9 Å². The maximum atomic E-state index is 13.0. The fourth-order valence-electron chi connectivity index (χ4n) is 2.33. The minimum atomic E-state index is -0.444. The standard InChI is InChI=1S/C16H16FN3O/c1-10(12-7-6-11(17)8-15(12)21)18-9-16-19-13-4-2-3-5-14(13)20-16/h2-8,10,18,21H,9H2,1H3,(H,19,20). The van der Waals surface area contributed by atoms with E-state index in [2.05, 4.69) is 15.3 Å². The highest BCUT2D eigenvalue weighted by Gasteiger charge is 2.11. The molecule has 0 fully saturated rings. The smallest absolute Gasteiger partial charge is 0.126 e. The van der Waals surface area contributed by atoms with Crippen LogP contribution in [0, 0.1) is 5.82 Å². The van der Waals surface area contributed by atoms with Gasteiger partial charge in [-0.3, -0.25) is 0 Å². The van der Waals surface area contributed by atoms with Crippen molar-refractivity contribution in [2.24, 2.45) is 0 Å². The molecule has 3 rings (SSSR count). The number of nitrogens with one attached hydrogen (secondary N) is 2. The summed E-state index contributed by atoms with van der Waals surface area (Å²) in [7, 11) is 0. The van der Waals surface area contributed by atoms with Crippen LogP contribution in [-0.4, -0.2) is 15.1 Å². The van der Waals surface area contributed by atoms with Crippen LogP contribution in [0.25, 0.3) is 11.0 Å². The Hall–Kier alpha value is -2.40. The molecule has 21 heavy (non-hydrogen) atoms. The minimum absolute atomic E-state index is 0.0420. The summed E-state index contributed by atoms with van der Waals surface area (Å²) in [5.41, 5.74) is 2.57. The van der Waals surface area contributed by atoms with E-state index in [0.29, 0.717) is 12.1 Å². The van der Waals surface area contributed by atoms with Gasteiger partial charge in [-0.15, -0.1) is 0 Å². The molecule has 4 nitrogen and oxygen atoms in total. The number of phenolic OH excluding ortho intramolecular Hbond substituents is 1. The lowest BCUT2D eigenvalue weighted by atomic mass is 10.1. The molecule has 0 aliphatic heterocycles. The molecule has 0 saturated heterocycles. The van der Waals surface area contributed by atoms with Gasteiger partial charge in [0.05, 0.1) is 17.6 Å². The van der Waals surface area contributed by atoms with Crippen molar-refractivity contribution >= 4 is 11.0 Å². The van der Waals surface area contributed by atoms with E-state index >= 15 is 0 Å². The van der Waals surface area contributed by atoms with E-state index in [1.807, 2.05) is 31.2 Å². The SMILES string of the molecule is CC(NCc1nc2ccccc2[nH]1)c1ccc(F)cc1O. The van der Waals surface area contributed by atoms with Crippen LogP contribution < -0.4 is 5.32 Å². The van der Waals surface area contributed by atoms with Gasteiger partial charge in [0.2, 0.25) is 0 Å². The topological polar surface area (TPSA) is 60.9 Å². The van der Waals surface area contributed by atoms with Crippen molar-refractivity contribution in [3.05, 3.63) is 59.7 Å². The molecule has 2 aromatic carbocycles. The van der Waals surface area contributed by atoms with Crippen LogP contribution in [-0.2, 0) is 6.54 Å². The number of rotatable bonds is 4. The molecule has 1 atom stereocenters. The molecule has 0 spiro atoms. The first kappa shape index (κ1) is 13.6. The molecular formula is C16H16FN3O. The van der Waals surface area contributed by atoms with Crippen molar-refractivity contribution in [1.82, 2.24) is 15.3 Å². The van der Waals surface area contributed by atoms with Gasteiger partial charge in [0, 0.05) is 17.7 Å². The summed E-state index contributed by atoms with van der Waals surface area (Å²) in [5, 5.41) is 13.0. The Morgan fingerprint density at radius 3 is 2.86 bits per heavy atom. The largest absolute Gasteiger partial charge is 0.508 e. The first-order valence-corrected chi connectivity index (χ1v) is 6.79. The second-order valence-corrected chi connectivity index (χ2v) is 5.01. The first-order chi connectivity index (χ1) is 10.1. The quantitative estimate of drug-likeness (QED) is 0.689. The summed E-state index contributed by atoms with van der Waals surface area (Å²) in [4.78, 5) is 7.70. The number of imidazole rings is 1. The van der Waals surface area contributed by atoms with Gasteiger partial charge in [-0.05, 0) is 25.1 Å². The van der Waals surface area contributed by atoms with E-state index in [9.17, 15) is 9.50 Å². The van der Waals surface area contributed by atoms with Gasteiger partial charge in [-0.1, -0.05) is 18.2 Å². The summed E-state index contributed by atoms with van der Waals surface area (Å²) < 4.78 is 13.0. The van der Waals surface area contributed by atoms with E-state index < -0.39 is 5.82 Å². The van der Waals surface area contributed by atoms with E-state index in [4.69, 9.17) is 0 Å². The normalized spacial score (nSPS) is 12.7. The third-order valence-corrected chi connectivity index (χ3v) is 3.47. The Bertz CT molecular complexity index is 736. The second kappa shape index (κ2) is 5.54. The number of hydrogen-bond acceptors (Lipinski definition) is 3. The van der Waals surface area contributed by atoms with Crippen LogP contribution in [0.3, 0.4) is 0 Å². The highest BCUT2D eigenvalue weighted by Crippen LogP contribution is 2.24. The molecule has 3 aromatic rings. The van der Waals surface area contributed by atoms with Gasteiger partial charge in [0.25, 0.3) is 0 Å². The van der Waals surface area contributed by atoms with Gasteiger partial charge in [0.15, 0.2) is 0 Å². The Morgan fingerprint density at radius 2 is 2.10 bits per heavy atom. The number of benzene rings is 2. The Kier molecular flexibility index (Phi) is 3.58. The molecular weight excluding hydrogens is 269 g/mol.